The topological polar surface area (TPSA) is 155 Å². The molecule has 5 rings (SSSR count). The van der Waals surface area contributed by atoms with Crippen molar-refractivity contribution in [3.05, 3.63) is 99.1 Å². The lowest BCUT2D eigenvalue weighted by molar-refractivity contribution is -0.386. The van der Waals surface area contributed by atoms with Crippen molar-refractivity contribution in [3.8, 4) is 16.9 Å². The first-order chi connectivity index (χ1) is 19.6. The molecule has 2 amide bonds. The Morgan fingerprint density at radius 2 is 1.90 bits per heavy atom. The fraction of sp³-hybridized carbons (Fsp3) is 0.0769. The SMILES string of the molecule is NC(=O)c1sc2nc(C(F)F)cc(-c3ccccc3)c2c1NC(=O)c1ccn(COc2cc(F)ccc2[N+](=O)[O-])n1. The Bertz CT molecular complexity index is 1810. The number of nitro benzene ring substituents is 1. The molecule has 41 heavy (non-hydrogen) atoms. The van der Waals surface area contributed by atoms with E-state index in [4.69, 9.17) is 10.5 Å². The molecule has 208 valence electrons. The average Bonchev–Trinajstić information content (AvgIpc) is 3.57. The summed E-state index contributed by atoms with van der Waals surface area (Å²) in [5, 5.41) is 18.1. The Labute approximate surface area is 232 Å². The number of amides is 2. The number of halogens is 3. The van der Waals surface area contributed by atoms with E-state index >= 15 is 0 Å². The summed E-state index contributed by atoms with van der Waals surface area (Å²) < 4.78 is 47.3. The van der Waals surface area contributed by atoms with Gasteiger partial charge in [0.15, 0.2) is 12.4 Å². The first-order valence-electron chi connectivity index (χ1n) is 11.6. The maximum atomic E-state index is 13.7. The molecule has 0 aliphatic rings. The van der Waals surface area contributed by atoms with Crippen molar-refractivity contribution >= 4 is 44.7 Å². The van der Waals surface area contributed by atoms with Crippen LogP contribution < -0.4 is 15.8 Å². The first-order valence-corrected chi connectivity index (χ1v) is 12.5. The monoisotopic (exact) mass is 582 g/mol. The van der Waals surface area contributed by atoms with Crippen molar-refractivity contribution in [2.24, 2.45) is 5.73 Å². The standard InChI is InChI=1S/C26H17F3N6O5S/c27-14-6-7-18(35(38)39)19(10-14)40-12-34-9-8-16(33-34)25(37)32-21-20-15(13-4-2-1-3-5-13)11-17(23(28)29)31-26(20)41-22(21)24(30)36/h1-11,23H,12H2,(H2,30,36)(H,32,37). The quantitative estimate of drug-likeness (QED) is 0.171. The molecule has 11 nitrogen and oxygen atoms in total. The molecule has 3 aromatic heterocycles. The molecule has 0 aliphatic carbocycles. The molecule has 0 atom stereocenters. The van der Waals surface area contributed by atoms with Gasteiger partial charge in [-0.3, -0.25) is 19.7 Å². The zero-order valence-corrected chi connectivity index (χ0v) is 21.4. The zero-order valence-electron chi connectivity index (χ0n) is 20.6. The van der Waals surface area contributed by atoms with Crippen LogP contribution in [0.2, 0.25) is 0 Å². The number of anilines is 1. The van der Waals surface area contributed by atoms with Gasteiger partial charge >= 0.3 is 5.69 Å². The number of alkyl halides is 2. The van der Waals surface area contributed by atoms with Crippen molar-refractivity contribution in [1.82, 2.24) is 14.8 Å². The highest BCUT2D eigenvalue weighted by Gasteiger charge is 2.26. The number of hydrogen-bond donors (Lipinski definition) is 2. The van der Waals surface area contributed by atoms with Crippen molar-refractivity contribution in [2.45, 2.75) is 13.2 Å². The maximum absolute atomic E-state index is 13.7. The molecule has 0 fully saturated rings. The number of rotatable bonds is 9. The normalized spacial score (nSPS) is 11.1. The van der Waals surface area contributed by atoms with Gasteiger partial charge in [0, 0.05) is 23.7 Å². The molecule has 0 saturated heterocycles. The van der Waals surface area contributed by atoms with Gasteiger partial charge in [-0.15, -0.1) is 11.3 Å². The van der Waals surface area contributed by atoms with Gasteiger partial charge in [-0.2, -0.15) is 5.10 Å². The highest BCUT2D eigenvalue weighted by molar-refractivity contribution is 7.21. The van der Waals surface area contributed by atoms with E-state index in [1.165, 1.54) is 18.3 Å². The Morgan fingerprint density at radius 3 is 2.59 bits per heavy atom. The fourth-order valence-electron chi connectivity index (χ4n) is 3.99. The lowest BCUT2D eigenvalue weighted by Crippen LogP contribution is -2.18. The molecule has 0 saturated carbocycles. The second-order valence-corrected chi connectivity index (χ2v) is 9.45. The van der Waals surface area contributed by atoms with E-state index in [-0.39, 0.29) is 32.2 Å². The van der Waals surface area contributed by atoms with Crippen LogP contribution in [0, 0.1) is 15.9 Å². The van der Waals surface area contributed by atoms with Crippen LogP contribution in [0.1, 0.15) is 32.3 Å². The van der Waals surface area contributed by atoms with Gasteiger partial charge in [-0.1, -0.05) is 30.3 Å². The molecule has 0 bridgehead atoms. The number of nitrogens with two attached hydrogens (primary N) is 1. The Kier molecular flexibility index (Phi) is 7.35. The van der Waals surface area contributed by atoms with Crippen LogP contribution in [0.4, 0.5) is 24.5 Å². The predicted octanol–water partition coefficient (Wildman–Crippen LogP) is 5.53. The third-order valence-corrected chi connectivity index (χ3v) is 6.89. The lowest BCUT2D eigenvalue weighted by Gasteiger charge is -2.10. The van der Waals surface area contributed by atoms with Crippen LogP contribution in [-0.2, 0) is 6.73 Å². The van der Waals surface area contributed by atoms with Crippen molar-refractivity contribution in [3.63, 3.8) is 0 Å². The van der Waals surface area contributed by atoms with Crippen LogP contribution in [0.25, 0.3) is 21.3 Å². The van der Waals surface area contributed by atoms with Crippen LogP contribution in [0.15, 0.2) is 66.9 Å². The summed E-state index contributed by atoms with van der Waals surface area (Å²) in [4.78, 5) is 39.9. The van der Waals surface area contributed by atoms with Crippen LogP contribution in [0.5, 0.6) is 5.75 Å². The second-order valence-electron chi connectivity index (χ2n) is 8.45. The molecule has 3 N–H and O–H groups in total. The number of nitrogens with one attached hydrogen (secondary N) is 1. The fourth-order valence-corrected chi connectivity index (χ4v) is 5.00. The number of primary amides is 1. The highest BCUT2D eigenvalue weighted by Crippen LogP contribution is 2.42. The number of carbonyl (C=O) groups is 2. The lowest BCUT2D eigenvalue weighted by atomic mass is 10.0. The number of pyridine rings is 1. The van der Waals surface area contributed by atoms with E-state index in [9.17, 15) is 32.9 Å². The molecule has 0 unspecified atom stereocenters. The van der Waals surface area contributed by atoms with Crippen molar-refractivity contribution in [1.29, 1.82) is 0 Å². The molecule has 0 spiro atoms. The van der Waals surface area contributed by atoms with Gasteiger partial charge in [0.2, 0.25) is 5.75 Å². The van der Waals surface area contributed by atoms with Crippen molar-refractivity contribution in [2.75, 3.05) is 5.32 Å². The van der Waals surface area contributed by atoms with Gasteiger partial charge in [-0.05, 0) is 29.3 Å². The number of ether oxygens (including phenoxy) is 1. The summed E-state index contributed by atoms with van der Waals surface area (Å²) in [6, 6.07) is 13.7. The smallest absolute Gasteiger partial charge is 0.311 e. The summed E-state index contributed by atoms with van der Waals surface area (Å²) in [7, 11) is 0. The van der Waals surface area contributed by atoms with Gasteiger partial charge in [0.05, 0.1) is 10.6 Å². The van der Waals surface area contributed by atoms with Gasteiger partial charge in [0.1, 0.15) is 21.2 Å². The van der Waals surface area contributed by atoms with Gasteiger partial charge in [0.25, 0.3) is 18.2 Å². The van der Waals surface area contributed by atoms with E-state index in [1.54, 1.807) is 30.3 Å². The molecule has 5 aromatic rings. The van der Waals surface area contributed by atoms with Crippen molar-refractivity contribution < 1.29 is 32.4 Å². The van der Waals surface area contributed by atoms with Crippen LogP contribution in [-0.4, -0.2) is 31.5 Å². The van der Waals surface area contributed by atoms with Crippen LogP contribution in [0.3, 0.4) is 0 Å². The molecule has 2 aromatic carbocycles. The summed E-state index contributed by atoms with van der Waals surface area (Å²) in [6.45, 7) is -0.399. The Hall–Kier alpha value is -5.31. The number of hydrogen-bond acceptors (Lipinski definition) is 8. The zero-order chi connectivity index (χ0) is 29.3. The number of benzene rings is 2. The molecular weight excluding hydrogens is 565 g/mol. The van der Waals surface area contributed by atoms with E-state index < -0.39 is 47.1 Å². The van der Waals surface area contributed by atoms with Crippen LogP contribution >= 0.6 is 11.3 Å². The number of nitro groups is 1. The van der Waals surface area contributed by atoms with E-state index in [1.807, 2.05) is 0 Å². The summed E-state index contributed by atoms with van der Waals surface area (Å²) >= 11 is 0.760. The first kappa shape index (κ1) is 27.3. The number of carbonyl (C=O) groups excluding carboxylic acids is 2. The minimum absolute atomic E-state index is 0.0177. The van der Waals surface area contributed by atoms with Gasteiger partial charge in [-0.25, -0.2) is 22.8 Å². The minimum atomic E-state index is -2.89. The highest BCUT2D eigenvalue weighted by atomic mass is 32.1. The predicted molar refractivity (Wildman–Crippen MR) is 142 cm³/mol. The van der Waals surface area contributed by atoms with E-state index in [0.717, 1.165) is 34.2 Å². The third kappa shape index (κ3) is 5.56. The second kappa shape index (κ2) is 11.1. The minimum Gasteiger partial charge on any atom is -0.464 e. The van der Waals surface area contributed by atoms with E-state index in [2.05, 4.69) is 15.4 Å². The number of fused-ring (bicyclic) bond motifs is 1. The number of aromatic nitrogens is 3. The largest absolute Gasteiger partial charge is 0.464 e. The summed E-state index contributed by atoms with van der Waals surface area (Å²) in [6.07, 6.45) is -1.55. The molecule has 0 aliphatic heterocycles. The Morgan fingerprint density at radius 1 is 1.15 bits per heavy atom. The molecule has 3 heterocycles. The third-order valence-electron chi connectivity index (χ3n) is 5.80. The Balaban J connectivity index is 1.47. The maximum Gasteiger partial charge on any atom is 0.311 e. The molecule has 0 radical (unpaired) electrons. The number of thiophene rings is 1. The van der Waals surface area contributed by atoms with Gasteiger partial charge < -0.3 is 15.8 Å². The summed E-state index contributed by atoms with van der Waals surface area (Å²) in [5.74, 6) is -2.77. The molecule has 15 heteroatoms. The molecular formula is C26H17F3N6O5S. The summed E-state index contributed by atoms with van der Waals surface area (Å²) in [5.41, 5.74) is 5.27. The van der Waals surface area contributed by atoms with E-state index in [0.29, 0.717) is 11.1 Å². The average molecular weight is 583 g/mol. The number of nitrogens with zero attached hydrogens (tertiary/aromatic N) is 4.